The fraction of sp³-hybridized carbons (Fsp3) is 0.667. The van der Waals surface area contributed by atoms with Gasteiger partial charge in [0.05, 0.1) is 0 Å². The van der Waals surface area contributed by atoms with E-state index in [-0.39, 0.29) is 0 Å². The van der Waals surface area contributed by atoms with Crippen LogP contribution in [0.1, 0.15) is 32.3 Å². The normalized spacial score (nSPS) is 24.0. The molecule has 1 atom stereocenters. The van der Waals surface area contributed by atoms with E-state index in [4.69, 9.17) is 4.74 Å². The van der Waals surface area contributed by atoms with Gasteiger partial charge in [0.15, 0.2) is 0 Å². The van der Waals surface area contributed by atoms with Crippen molar-refractivity contribution in [3.63, 3.8) is 0 Å². The average molecular weight is 288 g/mol. The number of ether oxygens (including phenoxy) is 1. The Morgan fingerprint density at radius 1 is 1.33 bits per heavy atom. The lowest BCUT2D eigenvalue weighted by Gasteiger charge is -2.40. The van der Waals surface area contributed by atoms with E-state index in [0.717, 1.165) is 37.9 Å². The molecule has 3 rings (SSSR count). The Hall–Kier alpha value is -1.06. The van der Waals surface area contributed by atoms with Crippen molar-refractivity contribution in [1.82, 2.24) is 10.2 Å². The van der Waals surface area contributed by atoms with Crippen LogP contribution in [0.25, 0.3) is 0 Å². The molecule has 0 spiro atoms. The molecule has 1 aromatic carbocycles. The van der Waals surface area contributed by atoms with Crippen molar-refractivity contribution in [3.8, 4) is 5.75 Å². The molecule has 3 heteroatoms. The van der Waals surface area contributed by atoms with E-state index in [1.165, 1.54) is 31.5 Å². The molecule has 0 aromatic heterocycles. The summed E-state index contributed by atoms with van der Waals surface area (Å²) >= 11 is 0. The van der Waals surface area contributed by atoms with Gasteiger partial charge in [0.25, 0.3) is 0 Å². The molecule has 116 valence electrons. The highest BCUT2D eigenvalue weighted by molar-refractivity contribution is 5.33. The maximum Gasteiger partial charge on any atom is 0.123 e. The molecule has 2 aliphatic rings. The lowest BCUT2D eigenvalue weighted by Crippen LogP contribution is -2.45. The number of benzene rings is 1. The molecule has 3 nitrogen and oxygen atoms in total. The maximum atomic E-state index is 5.88. The van der Waals surface area contributed by atoms with Crippen molar-refractivity contribution < 1.29 is 4.74 Å². The summed E-state index contributed by atoms with van der Waals surface area (Å²) in [5, 5.41) is 3.56. The van der Waals surface area contributed by atoms with Gasteiger partial charge in [-0.3, -0.25) is 4.90 Å². The third-order valence-corrected chi connectivity index (χ3v) is 5.06. The summed E-state index contributed by atoms with van der Waals surface area (Å²) in [5.41, 5.74) is 1.68. The van der Waals surface area contributed by atoms with Crippen LogP contribution in [0.3, 0.4) is 0 Å². The molecule has 0 radical (unpaired) electrons. The first-order valence-electron chi connectivity index (χ1n) is 8.29. The van der Waals surface area contributed by atoms with E-state index in [2.05, 4.69) is 48.3 Å². The molecule has 1 unspecified atom stereocenters. The Morgan fingerprint density at radius 3 is 3.00 bits per heavy atom. The van der Waals surface area contributed by atoms with Crippen LogP contribution >= 0.6 is 0 Å². The summed E-state index contributed by atoms with van der Waals surface area (Å²) in [6, 6.07) is 8.46. The first kappa shape index (κ1) is 14.9. The number of hydrogen-bond acceptors (Lipinski definition) is 3. The van der Waals surface area contributed by atoms with Gasteiger partial charge in [0.2, 0.25) is 0 Å². The number of para-hydroxylation sites is 1. The molecular weight excluding hydrogens is 260 g/mol. The SMILES string of the molecule is CC(C)(CN1CCOc2ccccc2C1)C1CCCNC1. The van der Waals surface area contributed by atoms with Crippen LogP contribution in [0.2, 0.25) is 0 Å². The molecule has 21 heavy (non-hydrogen) atoms. The third kappa shape index (κ3) is 3.58. The molecule has 0 aliphatic carbocycles. The first-order chi connectivity index (χ1) is 10.1. The van der Waals surface area contributed by atoms with Gasteiger partial charge in [-0.1, -0.05) is 32.0 Å². The van der Waals surface area contributed by atoms with Crippen LogP contribution in [-0.4, -0.2) is 37.7 Å². The van der Waals surface area contributed by atoms with E-state index in [9.17, 15) is 0 Å². The molecule has 0 amide bonds. The van der Waals surface area contributed by atoms with E-state index < -0.39 is 0 Å². The molecule has 1 saturated heterocycles. The van der Waals surface area contributed by atoms with Crippen molar-refractivity contribution in [2.24, 2.45) is 11.3 Å². The predicted octanol–water partition coefficient (Wildman–Crippen LogP) is 2.91. The van der Waals surface area contributed by atoms with Crippen LogP contribution in [-0.2, 0) is 6.54 Å². The lowest BCUT2D eigenvalue weighted by atomic mass is 9.74. The van der Waals surface area contributed by atoms with Crippen molar-refractivity contribution in [2.75, 3.05) is 32.8 Å². The van der Waals surface area contributed by atoms with Gasteiger partial charge in [-0.2, -0.15) is 0 Å². The number of rotatable bonds is 3. The highest BCUT2D eigenvalue weighted by atomic mass is 16.5. The monoisotopic (exact) mass is 288 g/mol. The second kappa shape index (κ2) is 6.37. The second-order valence-corrected chi connectivity index (χ2v) is 7.20. The topological polar surface area (TPSA) is 24.5 Å². The Morgan fingerprint density at radius 2 is 2.19 bits per heavy atom. The van der Waals surface area contributed by atoms with E-state index in [1.54, 1.807) is 0 Å². The molecule has 1 N–H and O–H groups in total. The summed E-state index contributed by atoms with van der Waals surface area (Å²) < 4.78 is 5.88. The van der Waals surface area contributed by atoms with Crippen molar-refractivity contribution in [2.45, 2.75) is 33.2 Å². The van der Waals surface area contributed by atoms with Gasteiger partial charge >= 0.3 is 0 Å². The number of fused-ring (bicyclic) bond motifs is 1. The zero-order chi connectivity index (χ0) is 14.7. The van der Waals surface area contributed by atoms with Gasteiger partial charge in [-0.15, -0.1) is 0 Å². The van der Waals surface area contributed by atoms with Crippen LogP contribution in [0, 0.1) is 11.3 Å². The number of nitrogens with zero attached hydrogens (tertiary/aromatic N) is 1. The van der Waals surface area contributed by atoms with Crippen LogP contribution < -0.4 is 10.1 Å². The summed E-state index contributed by atoms with van der Waals surface area (Å²) in [6.07, 6.45) is 2.68. The highest BCUT2D eigenvalue weighted by Crippen LogP contribution is 2.34. The predicted molar refractivity (Wildman–Crippen MR) is 86.6 cm³/mol. The lowest BCUT2D eigenvalue weighted by molar-refractivity contribution is 0.0922. The molecule has 1 aromatic rings. The van der Waals surface area contributed by atoms with Crippen molar-refractivity contribution >= 4 is 0 Å². The number of hydrogen-bond donors (Lipinski definition) is 1. The third-order valence-electron chi connectivity index (χ3n) is 5.06. The highest BCUT2D eigenvalue weighted by Gasteiger charge is 2.32. The zero-order valence-corrected chi connectivity index (χ0v) is 13.4. The van der Waals surface area contributed by atoms with Crippen molar-refractivity contribution in [1.29, 1.82) is 0 Å². The Balaban J connectivity index is 1.66. The standard InChI is InChI=1S/C18H28N2O/c1-18(2,16-7-5-9-19-12-16)14-20-10-11-21-17-8-4-3-6-15(17)13-20/h3-4,6,8,16,19H,5,7,9-14H2,1-2H3. The fourth-order valence-corrected chi connectivity index (χ4v) is 3.74. The quantitative estimate of drug-likeness (QED) is 0.925. The van der Waals surface area contributed by atoms with Gasteiger partial charge in [-0.05, 0) is 43.3 Å². The minimum atomic E-state index is 0.354. The minimum absolute atomic E-state index is 0.354. The van der Waals surface area contributed by atoms with E-state index >= 15 is 0 Å². The van der Waals surface area contributed by atoms with Crippen LogP contribution in [0.5, 0.6) is 5.75 Å². The van der Waals surface area contributed by atoms with Crippen molar-refractivity contribution in [3.05, 3.63) is 29.8 Å². The summed E-state index contributed by atoms with van der Waals surface area (Å²) in [6.45, 7) is 11.2. The number of piperidine rings is 1. The average Bonchev–Trinajstić information content (AvgIpc) is 2.69. The smallest absolute Gasteiger partial charge is 0.123 e. The summed E-state index contributed by atoms with van der Waals surface area (Å²) in [4.78, 5) is 2.57. The molecular formula is C18H28N2O. The second-order valence-electron chi connectivity index (χ2n) is 7.20. The Kier molecular flexibility index (Phi) is 4.51. The molecule has 0 bridgehead atoms. The van der Waals surface area contributed by atoms with Gasteiger partial charge < -0.3 is 10.1 Å². The minimum Gasteiger partial charge on any atom is -0.492 e. The van der Waals surface area contributed by atoms with Gasteiger partial charge in [0, 0.05) is 25.2 Å². The largest absolute Gasteiger partial charge is 0.492 e. The molecule has 2 aliphatic heterocycles. The molecule has 1 fully saturated rings. The van der Waals surface area contributed by atoms with Gasteiger partial charge in [-0.25, -0.2) is 0 Å². The van der Waals surface area contributed by atoms with Gasteiger partial charge in [0.1, 0.15) is 12.4 Å². The fourth-order valence-electron chi connectivity index (χ4n) is 3.74. The van der Waals surface area contributed by atoms with E-state index in [1.807, 2.05) is 0 Å². The Labute approximate surface area is 128 Å². The van der Waals surface area contributed by atoms with Crippen LogP contribution in [0.4, 0.5) is 0 Å². The van der Waals surface area contributed by atoms with E-state index in [0.29, 0.717) is 5.41 Å². The maximum absolute atomic E-state index is 5.88. The molecule has 2 heterocycles. The summed E-state index contributed by atoms with van der Waals surface area (Å²) in [5.74, 6) is 1.85. The Bertz CT molecular complexity index is 466. The first-order valence-corrected chi connectivity index (χ1v) is 8.29. The van der Waals surface area contributed by atoms with Crippen LogP contribution in [0.15, 0.2) is 24.3 Å². The molecule has 0 saturated carbocycles. The zero-order valence-electron chi connectivity index (χ0n) is 13.4. The summed E-state index contributed by atoms with van der Waals surface area (Å²) in [7, 11) is 0. The number of nitrogens with one attached hydrogen (secondary N) is 1.